The summed E-state index contributed by atoms with van der Waals surface area (Å²) in [5.74, 6) is -0.846. The summed E-state index contributed by atoms with van der Waals surface area (Å²) in [4.78, 5) is 10.8. The maximum Gasteiger partial charge on any atom is 0.325 e. The van der Waals surface area contributed by atoms with Crippen LogP contribution in [0, 0.1) is 0 Å². The lowest BCUT2D eigenvalue weighted by Crippen LogP contribution is -2.21. The van der Waals surface area contributed by atoms with Crippen LogP contribution in [-0.2, 0) is 11.3 Å². The molecule has 1 aromatic carbocycles. The summed E-state index contributed by atoms with van der Waals surface area (Å²) in [5.41, 5.74) is 1.79. The molecule has 0 unspecified atom stereocenters. The zero-order valence-corrected chi connectivity index (χ0v) is 7.51. The summed E-state index contributed by atoms with van der Waals surface area (Å²) in [7, 11) is 0. The first-order valence-corrected chi connectivity index (χ1v) is 4.31. The first kappa shape index (κ1) is 8.53. The molecule has 0 radical (unpaired) electrons. The highest BCUT2D eigenvalue weighted by molar-refractivity contribution is 6.30. The molecule has 0 saturated carbocycles. The average molecular weight is 198 g/mol. The number of carboxylic acids is 1. The smallest absolute Gasteiger partial charge is 0.325 e. The predicted molar refractivity (Wildman–Crippen MR) is 48.7 cm³/mol. The van der Waals surface area contributed by atoms with Gasteiger partial charge in [0, 0.05) is 11.6 Å². The fraction of sp³-hybridized carbons (Fsp3) is 0.222. The maximum absolute atomic E-state index is 10.8. The molecular weight excluding hydrogens is 190 g/mol. The molecule has 2 N–H and O–H groups in total. The van der Waals surface area contributed by atoms with Crippen molar-refractivity contribution < 1.29 is 9.90 Å². The van der Waals surface area contributed by atoms with Crippen LogP contribution in [0.1, 0.15) is 17.2 Å². The van der Waals surface area contributed by atoms with Gasteiger partial charge in [-0.05, 0) is 23.3 Å². The second-order valence-electron chi connectivity index (χ2n) is 3.00. The van der Waals surface area contributed by atoms with E-state index in [4.69, 9.17) is 16.7 Å². The molecule has 3 nitrogen and oxygen atoms in total. The summed E-state index contributed by atoms with van der Waals surface area (Å²) < 4.78 is 0. The van der Waals surface area contributed by atoms with Gasteiger partial charge in [-0.15, -0.1) is 0 Å². The van der Waals surface area contributed by atoms with E-state index in [0.29, 0.717) is 11.6 Å². The zero-order valence-electron chi connectivity index (χ0n) is 6.75. The Bertz CT molecular complexity index is 365. The molecule has 1 aliphatic heterocycles. The highest BCUT2D eigenvalue weighted by Crippen LogP contribution is 2.27. The molecule has 0 amide bonds. The van der Waals surface area contributed by atoms with Gasteiger partial charge in [0.2, 0.25) is 0 Å². The topological polar surface area (TPSA) is 49.3 Å². The van der Waals surface area contributed by atoms with E-state index >= 15 is 0 Å². The van der Waals surface area contributed by atoms with Gasteiger partial charge in [-0.3, -0.25) is 10.1 Å². The highest BCUT2D eigenvalue weighted by Gasteiger charge is 2.27. The molecule has 0 spiro atoms. The molecule has 1 heterocycles. The maximum atomic E-state index is 10.8. The quantitative estimate of drug-likeness (QED) is 0.719. The number of halogens is 1. The number of fused-ring (bicyclic) bond motifs is 1. The van der Waals surface area contributed by atoms with Crippen molar-refractivity contribution in [1.29, 1.82) is 0 Å². The molecule has 13 heavy (non-hydrogen) atoms. The van der Waals surface area contributed by atoms with Crippen molar-refractivity contribution in [3.63, 3.8) is 0 Å². The summed E-state index contributed by atoms with van der Waals surface area (Å²) in [5, 5.41) is 12.4. The number of hydrogen-bond donors (Lipinski definition) is 2. The van der Waals surface area contributed by atoms with Crippen LogP contribution < -0.4 is 5.32 Å². The van der Waals surface area contributed by atoms with Crippen molar-refractivity contribution in [2.75, 3.05) is 0 Å². The van der Waals surface area contributed by atoms with Gasteiger partial charge in [0.05, 0.1) is 0 Å². The number of benzene rings is 1. The third kappa shape index (κ3) is 1.41. The molecule has 2 rings (SSSR count). The summed E-state index contributed by atoms with van der Waals surface area (Å²) in [6, 6.07) is 4.69. The molecular formula is C9H8ClNO2. The van der Waals surface area contributed by atoms with Crippen LogP contribution in [0.4, 0.5) is 0 Å². The number of aliphatic carboxylic acids is 1. The van der Waals surface area contributed by atoms with Crippen molar-refractivity contribution >= 4 is 17.6 Å². The first-order valence-electron chi connectivity index (χ1n) is 3.93. The van der Waals surface area contributed by atoms with Crippen molar-refractivity contribution in [2.24, 2.45) is 0 Å². The minimum Gasteiger partial charge on any atom is -0.480 e. The van der Waals surface area contributed by atoms with E-state index in [9.17, 15) is 4.79 Å². The third-order valence-electron chi connectivity index (χ3n) is 2.16. The molecule has 4 heteroatoms. The van der Waals surface area contributed by atoms with Crippen molar-refractivity contribution in [3.8, 4) is 0 Å². The predicted octanol–water partition coefficient (Wildman–Crippen LogP) is 1.57. The molecule has 0 aliphatic carbocycles. The molecule has 1 aliphatic rings. The fourth-order valence-corrected chi connectivity index (χ4v) is 1.75. The van der Waals surface area contributed by atoms with Gasteiger partial charge in [0.25, 0.3) is 0 Å². The van der Waals surface area contributed by atoms with Crippen LogP contribution in [0.3, 0.4) is 0 Å². The van der Waals surface area contributed by atoms with E-state index in [-0.39, 0.29) is 0 Å². The molecule has 0 saturated heterocycles. The van der Waals surface area contributed by atoms with Crippen LogP contribution in [0.25, 0.3) is 0 Å². The van der Waals surface area contributed by atoms with Gasteiger partial charge in [0.15, 0.2) is 0 Å². The number of rotatable bonds is 1. The van der Waals surface area contributed by atoms with E-state index in [2.05, 4.69) is 5.32 Å². The molecule has 68 valence electrons. The molecule has 1 atom stereocenters. The SMILES string of the molecule is O=C(O)[C@@H]1NCc2cc(Cl)ccc21. The minimum absolute atomic E-state index is 0.576. The second kappa shape index (κ2) is 3.01. The molecule has 1 aromatic rings. The van der Waals surface area contributed by atoms with Crippen molar-refractivity contribution in [1.82, 2.24) is 5.32 Å². The van der Waals surface area contributed by atoms with Crippen LogP contribution in [0.5, 0.6) is 0 Å². The Balaban J connectivity index is 2.44. The summed E-state index contributed by atoms with van der Waals surface area (Å²) >= 11 is 5.78. The van der Waals surface area contributed by atoms with E-state index in [1.54, 1.807) is 18.2 Å². The average Bonchev–Trinajstić information content (AvgIpc) is 2.46. The van der Waals surface area contributed by atoms with Gasteiger partial charge in [-0.25, -0.2) is 0 Å². The highest BCUT2D eigenvalue weighted by atomic mass is 35.5. The largest absolute Gasteiger partial charge is 0.480 e. The Hall–Kier alpha value is -1.06. The van der Waals surface area contributed by atoms with Gasteiger partial charge < -0.3 is 5.11 Å². The lowest BCUT2D eigenvalue weighted by molar-refractivity contribution is -0.139. The lowest BCUT2D eigenvalue weighted by atomic mass is 10.1. The Kier molecular flexibility index (Phi) is 1.98. The Labute approximate surface area is 80.3 Å². The fourth-order valence-electron chi connectivity index (χ4n) is 1.55. The van der Waals surface area contributed by atoms with Gasteiger partial charge in [0.1, 0.15) is 6.04 Å². The Morgan fingerprint density at radius 3 is 3.08 bits per heavy atom. The Morgan fingerprint density at radius 2 is 2.38 bits per heavy atom. The standard InChI is InChI=1S/C9H8ClNO2/c10-6-1-2-7-5(3-6)4-11-8(7)9(12)13/h1-3,8,11H,4H2,(H,12,13)/t8-/m1/s1. The monoisotopic (exact) mass is 197 g/mol. The van der Waals surface area contributed by atoms with E-state index in [0.717, 1.165) is 11.1 Å². The van der Waals surface area contributed by atoms with E-state index in [1.165, 1.54) is 0 Å². The molecule has 0 fully saturated rings. The van der Waals surface area contributed by atoms with Gasteiger partial charge in [-0.2, -0.15) is 0 Å². The normalized spacial score (nSPS) is 19.9. The number of hydrogen-bond acceptors (Lipinski definition) is 2. The minimum atomic E-state index is -0.846. The third-order valence-corrected chi connectivity index (χ3v) is 2.39. The Morgan fingerprint density at radius 1 is 1.62 bits per heavy atom. The van der Waals surface area contributed by atoms with Crippen LogP contribution in [-0.4, -0.2) is 11.1 Å². The van der Waals surface area contributed by atoms with E-state index in [1.807, 2.05) is 0 Å². The zero-order chi connectivity index (χ0) is 9.42. The van der Waals surface area contributed by atoms with Crippen LogP contribution in [0.15, 0.2) is 18.2 Å². The molecule has 0 bridgehead atoms. The van der Waals surface area contributed by atoms with Crippen molar-refractivity contribution in [2.45, 2.75) is 12.6 Å². The van der Waals surface area contributed by atoms with Gasteiger partial charge >= 0.3 is 5.97 Å². The summed E-state index contributed by atoms with van der Waals surface area (Å²) in [6.45, 7) is 0.576. The van der Waals surface area contributed by atoms with E-state index < -0.39 is 12.0 Å². The number of carboxylic acid groups (broad SMARTS) is 1. The van der Waals surface area contributed by atoms with Crippen molar-refractivity contribution in [3.05, 3.63) is 34.3 Å². The van der Waals surface area contributed by atoms with Gasteiger partial charge in [-0.1, -0.05) is 17.7 Å². The summed E-state index contributed by atoms with van der Waals surface area (Å²) in [6.07, 6.45) is 0. The van der Waals surface area contributed by atoms with Crippen LogP contribution in [0.2, 0.25) is 5.02 Å². The van der Waals surface area contributed by atoms with Crippen LogP contribution >= 0.6 is 11.6 Å². The molecule has 0 aromatic heterocycles. The first-order chi connectivity index (χ1) is 6.18. The lowest BCUT2D eigenvalue weighted by Gasteiger charge is -2.04. The second-order valence-corrected chi connectivity index (χ2v) is 3.43. The number of carbonyl (C=O) groups is 1. The number of nitrogens with one attached hydrogen (secondary N) is 1.